The maximum Gasteiger partial charge on any atom is 0.308 e. The van der Waals surface area contributed by atoms with Crippen molar-refractivity contribution in [3.8, 4) is 0 Å². The van der Waals surface area contributed by atoms with Crippen molar-refractivity contribution in [2.45, 2.75) is 45.6 Å². The van der Waals surface area contributed by atoms with Gasteiger partial charge in [-0.15, -0.1) is 0 Å². The molecule has 0 saturated carbocycles. The van der Waals surface area contributed by atoms with E-state index in [9.17, 15) is 4.79 Å². The Kier molecular flexibility index (Phi) is 5.40. The number of carbonyl (C=O) groups excluding carboxylic acids is 1. The van der Waals surface area contributed by atoms with Gasteiger partial charge >= 0.3 is 5.97 Å². The molecule has 1 aromatic rings. The molecule has 0 aliphatic carbocycles. The average molecular weight is 289 g/mol. The number of benzene rings is 1. The second-order valence-electron chi connectivity index (χ2n) is 6.12. The molecule has 0 amide bonds. The van der Waals surface area contributed by atoms with Gasteiger partial charge in [-0.2, -0.15) is 0 Å². The number of nitrogens with zero attached hydrogens (tertiary/aromatic N) is 1. The summed E-state index contributed by atoms with van der Waals surface area (Å²) in [5.41, 5.74) is 0.985. The molecule has 116 valence electrons. The Bertz CT molecular complexity index is 452. The largest absolute Gasteiger partial charge is 0.466 e. The van der Waals surface area contributed by atoms with E-state index in [2.05, 4.69) is 43.0 Å². The molecule has 1 unspecified atom stereocenters. The van der Waals surface area contributed by atoms with Gasteiger partial charge < -0.3 is 4.74 Å². The second kappa shape index (κ2) is 7.08. The minimum atomic E-state index is -0.246. The fourth-order valence-corrected chi connectivity index (χ4v) is 3.57. The van der Waals surface area contributed by atoms with Gasteiger partial charge in [0.05, 0.1) is 18.6 Å². The molecule has 1 atom stereocenters. The Morgan fingerprint density at radius 3 is 2.38 bits per heavy atom. The van der Waals surface area contributed by atoms with Crippen LogP contribution >= 0.6 is 0 Å². The third-order valence-corrected chi connectivity index (χ3v) is 4.62. The highest BCUT2D eigenvalue weighted by Gasteiger charge is 2.44. The molecule has 21 heavy (non-hydrogen) atoms. The van der Waals surface area contributed by atoms with Crippen molar-refractivity contribution in [3.05, 3.63) is 35.9 Å². The van der Waals surface area contributed by atoms with Crippen LogP contribution in [0.25, 0.3) is 0 Å². The zero-order valence-electron chi connectivity index (χ0n) is 13.5. The van der Waals surface area contributed by atoms with E-state index in [0.29, 0.717) is 18.9 Å². The van der Waals surface area contributed by atoms with Crippen LogP contribution in [0.4, 0.5) is 0 Å². The number of likely N-dealkylation sites (tertiary alicyclic amines) is 1. The fourth-order valence-electron chi connectivity index (χ4n) is 3.57. The predicted molar refractivity (Wildman–Crippen MR) is 85.0 cm³/mol. The van der Waals surface area contributed by atoms with Crippen molar-refractivity contribution in [1.29, 1.82) is 0 Å². The van der Waals surface area contributed by atoms with E-state index in [0.717, 1.165) is 13.1 Å². The molecule has 3 nitrogen and oxygen atoms in total. The summed E-state index contributed by atoms with van der Waals surface area (Å²) in [5.74, 6) is 0.254. The lowest BCUT2D eigenvalue weighted by atomic mass is 9.76. The number of esters is 1. The maximum absolute atomic E-state index is 12.2. The van der Waals surface area contributed by atoms with Gasteiger partial charge in [-0.25, -0.2) is 0 Å². The summed E-state index contributed by atoms with van der Waals surface area (Å²) in [6.07, 6.45) is 2.86. The van der Waals surface area contributed by atoms with Crippen molar-refractivity contribution < 1.29 is 9.53 Å². The van der Waals surface area contributed by atoms with E-state index in [-0.39, 0.29) is 11.5 Å². The van der Waals surface area contributed by atoms with Crippen LogP contribution in [0.15, 0.2) is 30.3 Å². The first-order valence-corrected chi connectivity index (χ1v) is 8.07. The number of rotatable bonds is 6. The first-order valence-electron chi connectivity index (χ1n) is 8.07. The molecule has 0 radical (unpaired) electrons. The summed E-state index contributed by atoms with van der Waals surface area (Å²) in [6.45, 7) is 8.86. The van der Waals surface area contributed by atoms with Crippen molar-refractivity contribution in [3.63, 3.8) is 0 Å². The van der Waals surface area contributed by atoms with Gasteiger partial charge in [-0.3, -0.25) is 9.69 Å². The molecule has 1 aromatic carbocycles. The predicted octanol–water partition coefficient (Wildman–Crippen LogP) is 3.59. The van der Waals surface area contributed by atoms with Crippen LogP contribution in [-0.4, -0.2) is 30.6 Å². The Morgan fingerprint density at radius 1 is 1.24 bits per heavy atom. The highest BCUT2D eigenvalue weighted by Crippen LogP contribution is 2.41. The zero-order valence-corrected chi connectivity index (χ0v) is 13.5. The maximum atomic E-state index is 12.2. The van der Waals surface area contributed by atoms with Crippen LogP contribution in [0.3, 0.4) is 0 Å². The summed E-state index contributed by atoms with van der Waals surface area (Å²) in [7, 11) is 0. The Labute approximate surface area is 128 Å². The molecular weight excluding hydrogens is 262 g/mol. The minimum Gasteiger partial charge on any atom is -0.466 e. The Balaban J connectivity index is 2.41. The number of carbonyl (C=O) groups is 1. The normalized spacial score (nSPS) is 18.7. The molecule has 3 heteroatoms. The molecule has 0 N–H and O–H groups in total. The lowest BCUT2D eigenvalue weighted by molar-refractivity contribution is -0.148. The minimum absolute atomic E-state index is 0.0954. The summed E-state index contributed by atoms with van der Waals surface area (Å²) in [4.78, 5) is 14.7. The van der Waals surface area contributed by atoms with E-state index >= 15 is 0 Å². The van der Waals surface area contributed by atoms with Crippen molar-refractivity contribution >= 4 is 5.97 Å². The van der Waals surface area contributed by atoms with Gasteiger partial charge in [0.2, 0.25) is 0 Å². The summed E-state index contributed by atoms with van der Waals surface area (Å²) < 4.78 is 5.26. The molecule has 0 spiro atoms. The van der Waals surface area contributed by atoms with Crippen LogP contribution < -0.4 is 0 Å². The SMILES string of the molecule is CCOC(=O)CC(c1ccccc1)(C(C)C)N1CCCC1. The molecule has 1 saturated heterocycles. The second-order valence-corrected chi connectivity index (χ2v) is 6.12. The van der Waals surface area contributed by atoms with E-state index in [1.54, 1.807) is 0 Å². The quantitative estimate of drug-likeness (QED) is 0.750. The molecule has 1 aliphatic rings. The number of hydrogen-bond acceptors (Lipinski definition) is 3. The fraction of sp³-hybridized carbons (Fsp3) is 0.611. The first kappa shape index (κ1) is 16.0. The van der Waals surface area contributed by atoms with Gasteiger partial charge in [-0.05, 0) is 44.3 Å². The van der Waals surface area contributed by atoms with Gasteiger partial charge in [0, 0.05) is 0 Å². The van der Waals surface area contributed by atoms with Crippen LogP contribution in [0.1, 0.15) is 45.6 Å². The van der Waals surface area contributed by atoms with E-state index in [1.165, 1.54) is 18.4 Å². The van der Waals surface area contributed by atoms with E-state index in [1.807, 2.05) is 13.0 Å². The Hall–Kier alpha value is -1.35. The average Bonchev–Trinajstić information content (AvgIpc) is 3.00. The van der Waals surface area contributed by atoms with E-state index in [4.69, 9.17) is 4.74 Å². The van der Waals surface area contributed by atoms with Crippen molar-refractivity contribution in [2.24, 2.45) is 5.92 Å². The monoisotopic (exact) mass is 289 g/mol. The van der Waals surface area contributed by atoms with Gasteiger partial charge in [0.1, 0.15) is 0 Å². The molecule has 1 aliphatic heterocycles. The number of hydrogen-bond donors (Lipinski definition) is 0. The van der Waals surface area contributed by atoms with Gasteiger partial charge in [0.15, 0.2) is 0 Å². The van der Waals surface area contributed by atoms with Gasteiger partial charge in [0.25, 0.3) is 0 Å². The summed E-state index contributed by atoms with van der Waals surface area (Å²) >= 11 is 0. The van der Waals surface area contributed by atoms with Crippen molar-refractivity contribution in [1.82, 2.24) is 4.90 Å². The smallest absolute Gasteiger partial charge is 0.308 e. The highest BCUT2D eigenvalue weighted by molar-refractivity contribution is 5.71. The molecule has 0 bridgehead atoms. The van der Waals surface area contributed by atoms with Gasteiger partial charge in [-0.1, -0.05) is 44.2 Å². The van der Waals surface area contributed by atoms with Crippen LogP contribution in [-0.2, 0) is 15.1 Å². The van der Waals surface area contributed by atoms with Crippen LogP contribution in [0.2, 0.25) is 0 Å². The topological polar surface area (TPSA) is 29.5 Å². The summed E-state index contributed by atoms with van der Waals surface area (Å²) in [6, 6.07) is 10.5. The van der Waals surface area contributed by atoms with Crippen molar-refractivity contribution in [2.75, 3.05) is 19.7 Å². The lowest BCUT2D eigenvalue weighted by Gasteiger charge is -2.45. The lowest BCUT2D eigenvalue weighted by Crippen LogP contribution is -2.50. The third kappa shape index (κ3) is 3.29. The zero-order chi connectivity index (χ0) is 15.3. The molecule has 2 rings (SSSR count). The molecule has 1 heterocycles. The van der Waals surface area contributed by atoms with E-state index < -0.39 is 0 Å². The Morgan fingerprint density at radius 2 is 1.86 bits per heavy atom. The first-order chi connectivity index (χ1) is 10.1. The van der Waals surface area contributed by atoms with Crippen LogP contribution in [0.5, 0.6) is 0 Å². The standard InChI is InChI=1S/C18H27NO2/c1-4-21-17(20)14-18(15(2)3,19-12-8-9-13-19)16-10-6-5-7-11-16/h5-7,10-11,15H,4,8-9,12-14H2,1-3H3. The highest BCUT2D eigenvalue weighted by atomic mass is 16.5. The summed E-state index contributed by atoms with van der Waals surface area (Å²) in [5, 5.41) is 0. The van der Waals surface area contributed by atoms with Crippen LogP contribution in [0, 0.1) is 5.92 Å². The number of ether oxygens (including phenoxy) is 1. The molecule has 0 aromatic heterocycles. The third-order valence-electron chi connectivity index (χ3n) is 4.62. The molecular formula is C18H27NO2. The molecule has 1 fully saturated rings.